The van der Waals surface area contributed by atoms with Gasteiger partial charge in [0.25, 0.3) is 5.91 Å². The van der Waals surface area contributed by atoms with Crippen molar-refractivity contribution in [1.82, 2.24) is 5.32 Å². The number of amides is 1. The molecular weight excluding hydrogens is 264 g/mol. The van der Waals surface area contributed by atoms with Crippen LogP contribution in [0.25, 0.3) is 0 Å². The lowest BCUT2D eigenvalue weighted by Gasteiger charge is -2.32. The molecule has 1 aliphatic carbocycles. The van der Waals surface area contributed by atoms with Crippen LogP contribution in [0.4, 0.5) is 5.69 Å². The van der Waals surface area contributed by atoms with Crippen molar-refractivity contribution >= 4 is 11.6 Å². The molecule has 1 heterocycles. The van der Waals surface area contributed by atoms with E-state index in [0.717, 1.165) is 31.0 Å². The van der Waals surface area contributed by atoms with Crippen molar-refractivity contribution in [1.29, 1.82) is 0 Å². The maximum absolute atomic E-state index is 12.6. The fourth-order valence-electron chi connectivity index (χ4n) is 3.29. The van der Waals surface area contributed by atoms with Gasteiger partial charge >= 0.3 is 0 Å². The van der Waals surface area contributed by atoms with E-state index in [0.29, 0.717) is 23.8 Å². The molecule has 1 aliphatic heterocycles. The number of hydrogen-bond donors (Lipinski definition) is 2. The summed E-state index contributed by atoms with van der Waals surface area (Å²) in [5, 5.41) is 6.46. The first kappa shape index (κ1) is 14.2. The molecule has 1 aromatic rings. The van der Waals surface area contributed by atoms with Gasteiger partial charge < -0.3 is 15.4 Å². The van der Waals surface area contributed by atoms with E-state index in [9.17, 15) is 4.79 Å². The molecule has 4 heteroatoms. The summed E-state index contributed by atoms with van der Waals surface area (Å²) in [6, 6.07) is 5.99. The Morgan fingerprint density at radius 1 is 1.29 bits per heavy atom. The molecule has 0 aromatic heterocycles. The summed E-state index contributed by atoms with van der Waals surface area (Å²) in [7, 11) is 0. The smallest absolute Gasteiger partial charge is 0.255 e. The number of para-hydroxylation sites is 1. The third kappa shape index (κ3) is 2.99. The SMILES string of the molecule is CC1CCC(NC(=O)c2cccc3c2OCCN3)CC1C. The first-order valence-electron chi connectivity index (χ1n) is 7.95. The van der Waals surface area contributed by atoms with Gasteiger partial charge in [0.05, 0.1) is 11.3 Å². The molecule has 0 saturated heterocycles. The molecular formula is C17H24N2O2. The highest BCUT2D eigenvalue weighted by molar-refractivity contribution is 5.99. The lowest BCUT2D eigenvalue weighted by atomic mass is 9.79. The minimum Gasteiger partial charge on any atom is -0.489 e. The Kier molecular flexibility index (Phi) is 4.04. The average Bonchev–Trinajstić information content (AvgIpc) is 2.50. The zero-order valence-corrected chi connectivity index (χ0v) is 12.8. The number of carbonyl (C=O) groups excluding carboxylic acids is 1. The van der Waals surface area contributed by atoms with Gasteiger partial charge in [0, 0.05) is 12.6 Å². The minimum atomic E-state index is -0.0118. The molecule has 3 unspecified atom stereocenters. The Balaban J connectivity index is 1.71. The maximum Gasteiger partial charge on any atom is 0.255 e. The summed E-state index contributed by atoms with van der Waals surface area (Å²) in [5.41, 5.74) is 1.56. The largest absolute Gasteiger partial charge is 0.489 e. The molecule has 0 spiro atoms. The molecule has 2 N–H and O–H groups in total. The molecule has 21 heavy (non-hydrogen) atoms. The van der Waals surface area contributed by atoms with Crippen LogP contribution >= 0.6 is 0 Å². The minimum absolute atomic E-state index is 0.0118. The summed E-state index contributed by atoms with van der Waals surface area (Å²) in [5.74, 6) is 2.11. The zero-order valence-electron chi connectivity index (χ0n) is 12.8. The number of nitrogens with one attached hydrogen (secondary N) is 2. The topological polar surface area (TPSA) is 50.4 Å². The van der Waals surface area contributed by atoms with E-state index >= 15 is 0 Å². The number of anilines is 1. The van der Waals surface area contributed by atoms with Crippen LogP contribution in [0.1, 0.15) is 43.5 Å². The Morgan fingerprint density at radius 2 is 2.14 bits per heavy atom. The van der Waals surface area contributed by atoms with Crippen LogP contribution in [-0.2, 0) is 0 Å². The predicted molar refractivity (Wildman–Crippen MR) is 83.9 cm³/mol. The quantitative estimate of drug-likeness (QED) is 0.879. The fraction of sp³-hybridized carbons (Fsp3) is 0.588. The highest BCUT2D eigenvalue weighted by atomic mass is 16.5. The summed E-state index contributed by atoms with van der Waals surface area (Å²) >= 11 is 0. The van der Waals surface area contributed by atoms with Crippen LogP contribution in [0.2, 0.25) is 0 Å². The van der Waals surface area contributed by atoms with Gasteiger partial charge in [-0.15, -0.1) is 0 Å². The van der Waals surface area contributed by atoms with Crippen LogP contribution < -0.4 is 15.4 Å². The number of fused-ring (bicyclic) bond motifs is 1. The van der Waals surface area contributed by atoms with Crippen molar-refractivity contribution in [2.24, 2.45) is 11.8 Å². The van der Waals surface area contributed by atoms with Gasteiger partial charge in [0.15, 0.2) is 5.75 Å². The summed E-state index contributed by atoms with van der Waals surface area (Å²) in [4.78, 5) is 12.6. The molecule has 1 saturated carbocycles. The van der Waals surface area contributed by atoms with Gasteiger partial charge in [-0.3, -0.25) is 4.79 Å². The van der Waals surface area contributed by atoms with Gasteiger partial charge in [0.2, 0.25) is 0 Å². The van der Waals surface area contributed by atoms with Gasteiger partial charge in [-0.1, -0.05) is 19.9 Å². The van der Waals surface area contributed by atoms with Gasteiger partial charge in [-0.05, 0) is 43.2 Å². The first-order chi connectivity index (χ1) is 10.1. The average molecular weight is 288 g/mol. The molecule has 2 aliphatic rings. The van der Waals surface area contributed by atoms with Crippen LogP contribution in [0.5, 0.6) is 5.75 Å². The van der Waals surface area contributed by atoms with Crippen molar-refractivity contribution in [3.63, 3.8) is 0 Å². The Bertz CT molecular complexity index is 530. The molecule has 0 bridgehead atoms. The normalized spacial score (nSPS) is 28.0. The summed E-state index contributed by atoms with van der Waals surface area (Å²) in [6.07, 6.45) is 3.34. The lowest BCUT2D eigenvalue weighted by Crippen LogP contribution is -2.40. The second-order valence-corrected chi connectivity index (χ2v) is 6.40. The number of benzene rings is 1. The number of carbonyl (C=O) groups is 1. The molecule has 114 valence electrons. The first-order valence-corrected chi connectivity index (χ1v) is 7.95. The monoisotopic (exact) mass is 288 g/mol. The van der Waals surface area contributed by atoms with E-state index in [1.54, 1.807) is 0 Å². The maximum atomic E-state index is 12.6. The summed E-state index contributed by atoms with van der Waals surface area (Å²) in [6.45, 7) is 5.97. The van der Waals surface area contributed by atoms with Crippen molar-refractivity contribution in [2.45, 2.75) is 39.2 Å². The number of hydrogen-bond acceptors (Lipinski definition) is 3. The molecule has 1 aromatic carbocycles. The second-order valence-electron chi connectivity index (χ2n) is 6.40. The second kappa shape index (κ2) is 5.96. The Morgan fingerprint density at radius 3 is 2.95 bits per heavy atom. The van der Waals surface area contributed by atoms with Gasteiger partial charge in [0.1, 0.15) is 6.61 Å². The zero-order chi connectivity index (χ0) is 14.8. The van der Waals surface area contributed by atoms with E-state index in [1.165, 1.54) is 6.42 Å². The van der Waals surface area contributed by atoms with Gasteiger partial charge in [-0.2, -0.15) is 0 Å². The van der Waals surface area contributed by atoms with Crippen molar-refractivity contribution in [3.8, 4) is 5.75 Å². The molecule has 1 fully saturated rings. The molecule has 1 amide bonds. The third-order valence-corrected chi connectivity index (χ3v) is 4.86. The third-order valence-electron chi connectivity index (χ3n) is 4.86. The van der Waals surface area contributed by atoms with Crippen LogP contribution in [0.3, 0.4) is 0 Å². The Hall–Kier alpha value is -1.71. The Labute approximate surface area is 126 Å². The van der Waals surface area contributed by atoms with Crippen molar-refractivity contribution in [2.75, 3.05) is 18.5 Å². The summed E-state index contributed by atoms with van der Waals surface area (Å²) < 4.78 is 5.68. The van der Waals surface area contributed by atoms with E-state index in [1.807, 2.05) is 18.2 Å². The molecule has 3 atom stereocenters. The van der Waals surface area contributed by atoms with E-state index in [4.69, 9.17) is 4.74 Å². The highest BCUT2D eigenvalue weighted by Gasteiger charge is 2.27. The number of ether oxygens (including phenoxy) is 1. The fourth-order valence-corrected chi connectivity index (χ4v) is 3.29. The van der Waals surface area contributed by atoms with E-state index in [2.05, 4.69) is 24.5 Å². The van der Waals surface area contributed by atoms with Crippen LogP contribution in [0, 0.1) is 11.8 Å². The van der Waals surface area contributed by atoms with Crippen molar-refractivity contribution < 1.29 is 9.53 Å². The van der Waals surface area contributed by atoms with Crippen LogP contribution in [-0.4, -0.2) is 25.1 Å². The molecule has 0 radical (unpaired) electrons. The highest BCUT2D eigenvalue weighted by Crippen LogP contribution is 2.32. The standard InChI is InChI=1S/C17H24N2O2/c1-11-6-7-13(10-12(11)2)19-17(20)14-4-3-5-15-16(14)21-9-8-18-15/h3-5,11-13,18H,6-10H2,1-2H3,(H,19,20). The van der Waals surface area contributed by atoms with Crippen molar-refractivity contribution in [3.05, 3.63) is 23.8 Å². The van der Waals surface area contributed by atoms with Crippen LogP contribution in [0.15, 0.2) is 18.2 Å². The molecule has 3 rings (SSSR count). The van der Waals surface area contributed by atoms with E-state index in [-0.39, 0.29) is 11.9 Å². The van der Waals surface area contributed by atoms with Gasteiger partial charge in [-0.25, -0.2) is 0 Å². The van der Waals surface area contributed by atoms with E-state index < -0.39 is 0 Å². The predicted octanol–water partition coefficient (Wildman–Crippen LogP) is 3.05. The number of rotatable bonds is 2. The lowest BCUT2D eigenvalue weighted by molar-refractivity contribution is 0.0906. The molecule has 4 nitrogen and oxygen atoms in total.